The van der Waals surface area contributed by atoms with E-state index in [-0.39, 0.29) is 19.5 Å². The molecule has 0 radical (unpaired) electrons. The Morgan fingerprint density at radius 1 is 0.684 bits per heavy atom. The van der Waals surface area contributed by atoms with E-state index < -0.39 is 11.9 Å². The molecule has 0 heterocycles. The van der Waals surface area contributed by atoms with Crippen molar-refractivity contribution in [3.63, 3.8) is 0 Å². The molecule has 0 aromatic heterocycles. The molecule has 110 valence electrons. The van der Waals surface area contributed by atoms with E-state index in [1.807, 2.05) is 0 Å². The molecule has 0 spiro atoms. The molecule has 0 saturated heterocycles. The summed E-state index contributed by atoms with van der Waals surface area (Å²) in [7, 11) is 0. The Morgan fingerprint density at radius 2 is 1.00 bits per heavy atom. The molecule has 0 rings (SSSR count). The fourth-order valence-corrected chi connectivity index (χ4v) is 1.41. The Morgan fingerprint density at radius 3 is 1.37 bits per heavy atom. The van der Waals surface area contributed by atoms with Crippen LogP contribution in [-0.2, 0) is 29.1 Å². The van der Waals surface area contributed by atoms with E-state index in [2.05, 4.69) is 13.8 Å². The predicted octanol–water partition coefficient (Wildman–Crippen LogP) is 4.08. The summed E-state index contributed by atoms with van der Waals surface area (Å²) in [6.07, 6.45) is 9.16. The zero-order valence-corrected chi connectivity index (χ0v) is 15.5. The van der Waals surface area contributed by atoms with Crippen LogP contribution in [0.1, 0.15) is 78.1 Å². The SMILES string of the molecule is CCCCCC(=O)O.CCCCCCCC(=O)O.[Zn]. The van der Waals surface area contributed by atoms with Crippen LogP contribution >= 0.6 is 0 Å². The van der Waals surface area contributed by atoms with Gasteiger partial charge in [-0.05, 0) is 12.8 Å². The summed E-state index contributed by atoms with van der Waals surface area (Å²) in [5, 5.41) is 16.4. The summed E-state index contributed by atoms with van der Waals surface area (Å²) in [5.41, 5.74) is 0. The first-order valence-electron chi connectivity index (χ1n) is 6.98. The molecule has 0 bridgehead atoms. The number of carboxylic acids is 2. The molecule has 4 nitrogen and oxygen atoms in total. The fourth-order valence-electron chi connectivity index (χ4n) is 1.41. The van der Waals surface area contributed by atoms with E-state index in [0.717, 1.165) is 32.1 Å². The third kappa shape index (κ3) is 31.8. The molecule has 19 heavy (non-hydrogen) atoms. The minimum atomic E-state index is -0.682. The summed E-state index contributed by atoms with van der Waals surface area (Å²) in [5.74, 6) is -1.35. The summed E-state index contributed by atoms with van der Waals surface area (Å²) >= 11 is 0. The third-order valence-corrected chi connectivity index (χ3v) is 2.49. The van der Waals surface area contributed by atoms with Crippen LogP contribution in [0.5, 0.6) is 0 Å². The number of carboxylic acid groups (broad SMARTS) is 2. The Hall–Kier alpha value is -0.437. The van der Waals surface area contributed by atoms with Crippen molar-refractivity contribution in [1.29, 1.82) is 0 Å². The van der Waals surface area contributed by atoms with Gasteiger partial charge in [0.05, 0.1) is 0 Å². The van der Waals surface area contributed by atoms with Gasteiger partial charge in [0, 0.05) is 32.3 Å². The third-order valence-electron chi connectivity index (χ3n) is 2.49. The van der Waals surface area contributed by atoms with Crippen LogP contribution < -0.4 is 0 Å². The van der Waals surface area contributed by atoms with E-state index in [1.165, 1.54) is 19.3 Å². The van der Waals surface area contributed by atoms with Gasteiger partial charge in [-0.15, -0.1) is 0 Å². The van der Waals surface area contributed by atoms with E-state index >= 15 is 0 Å². The number of aliphatic carboxylic acids is 2. The Balaban J connectivity index is -0.000000262. The van der Waals surface area contributed by atoms with Gasteiger partial charge in [0.1, 0.15) is 0 Å². The molecule has 0 aromatic rings. The minimum Gasteiger partial charge on any atom is -0.481 e. The second-order valence-electron chi connectivity index (χ2n) is 4.41. The first kappa shape index (κ1) is 23.6. The van der Waals surface area contributed by atoms with Crippen LogP contribution in [0.3, 0.4) is 0 Å². The van der Waals surface area contributed by atoms with Crippen molar-refractivity contribution >= 4 is 11.9 Å². The molecule has 0 fully saturated rings. The summed E-state index contributed by atoms with van der Waals surface area (Å²) in [6.45, 7) is 4.21. The number of carbonyl (C=O) groups is 2. The van der Waals surface area contributed by atoms with Crippen molar-refractivity contribution in [2.24, 2.45) is 0 Å². The number of hydrogen-bond acceptors (Lipinski definition) is 2. The molecule has 0 atom stereocenters. The van der Waals surface area contributed by atoms with Gasteiger partial charge in [-0.1, -0.05) is 52.4 Å². The van der Waals surface area contributed by atoms with Crippen molar-refractivity contribution < 1.29 is 39.3 Å². The number of hydrogen-bond donors (Lipinski definition) is 2. The Labute approximate surface area is 129 Å². The topological polar surface area (TPSA) is 74.6 Å². The summed E-state index contributed by atoms with van der Waals surface area (Å²) in [6, 6.07) is 0. The monoisotopic (exact) mass is 324 g/mol. The quantitative estimate of drug-likeness (QED) is 0.469. The summed E-state index contributed by atoms with van der Waals surface area (Å²) in [4.78, 5) is 19.9. The van der Waals surface area contributed by atoms with Gasteiger partial charge >= 0.3 is 11.9 Å². The fraction of sp³-hybridized carbons (Fsp3) is 0.857. The van der Waals surface area contributed by atoms with E-state index in [4.69, 9.17) is 10.2 Å². The largest absolute Gasteiger partial charge is 0.481 e. The van der Waals surface area contributed by atoms with Crippen molar-refractivity contribution in [2.75, 3.05) is 0 Å². The molecule has 0 aliphatic carbocycles. The maximum Gasteiger partial charge on any atom is 0.303 e. The van der Waals surface area contributed by atoms with Gasteiger partial charge in [0.25, 0.3) is 0 Å². The maximum atomic E-state index is 10.0. The predicted molar refractivity (Wildman–Crippen MR) is 72.8 cm³/mol. The van der Waals surface area contributed by atoms with Gasteiger partial charge < -0.3 is 10.2 Å². The van der Waals surface area contributed by atoms with E-state index in [0.29, 0.717) is 12.8 Å². The first-order chi connectivity index (χ1) is 8.54. The average Bonchev–Trinajstić information content (AvgIpc) is 2.29. The van der Waals surface area contributed by atoms with Gasteiger partial charge in [0.2, 0.25) is 0 Å². The van der Waals surface area contributed by atoms with Gasteiger partial charge in [0.15, 0.2) is 0 Å². The molecule has 0 amide bonds. The standard InChI is InChI=1S/C8H16O2.C6H12O2.Zn/c1-2-3-4-5-6-7-8(9)10;1-2-3-4-5-6(7)8;/h2-7H2,1H3,(H,9,10);2-5H2,1H3,(H,7,8);. The number of unbranched alkanes of at least 4 members (excludes halogenated alkanes) is 6. The normalized spacial score (nSPS) is 8.95. The zero-order valence-electron chi connectivity index (χ0n) is 12.5. The zero-order chi connectivity index (χ0) is 14.2. The minimum absolute atomic E-state index is 0. The van der Waals surface area contributed by atoms with Crippen LogP contribution in [-0.4, -0.2) is 22.2 Å². The van der Waals surface area contributed by atoms with Crippen LogP contribution in [0.4, 0.5) is 0 Å². The Kier molecular flexibility index (Phi) is 24.8. The van der Waals surface area contributed by atoms with Gasteiger partial charge in [-0.25, -0.2) is 0 Å². The molecule has 0 aromatic carbocycles. The first-order valence-corrected chi connectivity index (χ1v) is 6.98. The van der Waals surface area contributed by atoms with Crippen molar-refractivity contribution in [3.05, 3.63) is 0 Å². The average molecular weight is 326 g/mol. The molecule has 2 N–H and O–H groups in total. The van der Waals surface area contributed by atoms with Crippen molar-refractivity contribution in [1.82, 2.24) is 0 Å². The molecule has 0 unspecified atom stereocenters. The van der Waals surface area contributed by atoms with Crippen molar-refractivity contribution in [3.8, 4) is 0 Å². The van der Waals surface area contributed by atoms with Gasteiger partial charge in [-0.2, -0.15) is 0 Å². The molecular formula is C14H28O4Zn. The van der Waals surface area contributed by atoms with E-state index in [1.54, 1.807) is 0 Å². The smallest absolute Gasteiger partial charge is 0.303 e. The van der Waals surface area contributed by atoms with Gasteiger partial charge in [-0.3, -0.25) is 9.59 Å². The maximum absolute atomic E-state index is 10.0. The Bertz CT molecular complexity index is 208. The van der Waals surface area contributed by atoms with Crippen LogP contribution in [0, 0.1) is 0 Å². The summed E-state index contributed by atoms with van der Waals surface area (Å²) < 4.78 is 0. The van der Waals surface area contributed by atoms with Crippen LogP contribution in [0.15, 0.2) is 0 Å². The molecular weight excluding hydrogens is 298 g/mol. The second kappa shape index (κ2) is 19.9. The molecule has 0 aliphatic heterocycles. The van der Waals surface area contributed by atoms with Crippen LogP contribution in [0.2, 0.25) is 0 Å². The molecule has 0 aliphatic rings. The second-order valence-corrected chi connectivity index (χ2v) is 4.41. The van der Waals surface area contributed by atoms with E-state index in [9.17, 15) is 9.59 Å². The van der Waals surface area contributed by atoms with Crippen LogP contribution in [0.25, 0.3) is 0 Å². The van der Waals surface area contributed by atoms with Crippen molar-refractivity contribution in [2.45, 2.75) is 78.1 Å². The molecule has 5 heteroatoms. The number of rotatable bonds is 10. The molecule has 0 saturated carbocycles.